The molecule has 0 saturated heterocycles. The fourth-order valence-corrected chi connectivity index (χ4v) is 2.31. The second-order valence-electron chi connectivity index (χ2n) is 6.16. The SMILES string of the molecule is COC(=O)c1cccc(NC(=O)c2ccc(C(=O)NCCN(C)C)cc2)c1. The Morgan fingerprint density at radius 1 is 0.926 bits per heavy atom. The Morgan fingerprint density at radius 3 is 2.15 bits per heavy atom. The maximum atomic E-state index is 12.4. The highest BCUT2D eigenvalue weighted by molar-refractivity contribution is 6.05. The molecular weight excluding hydrogens is 346 g/mol. The van der Waals surface area contributed by atoms with Gasteiger partial charge in [-0.1, -0.05) is 6.07 Å². The van der Waals surface area contributed by atoms with Crippen molar-refractivity contribution in [1.29, 1.82) is 0 Å². The number of nitrogens with zero attached hydrogens (tertiary/aromatic N) is 1. The van der Waals surface area contributed by atoms with Gasteiger partial charge >= 0.3 is 5.97 Å². The molecule has 2 aromatic carbocycles. The van der Waals surface area contributed by atoms with Crippen LogP contribution in [0, 0.1) is 0 Å². The number of hydrogen-bond donors (Lipinski definition) is 2. The topological polar surface area (TPSA) is 87.7 Å². The molecule has 27 heavy (non-hydrogen) atoms. The number of methoxy groups -OCH3 is 1. The number of nitrogens with one attached hydrogen (secondary N) is 2. The zero-order valence-electron chi connectivity index (χ0n) is 15.6. The van der Waals surface area contributed by atoms with Crippen molar-refractivity contribution in [3.63, 3.8) is 0 Å². The van der Waals surface area contributed by atoms with Crippen molar-refractivity contribution in [3.05, 3.63) is 65.2 Å². The van der Waals surface area contributed by atoms with E-state index in [9.17, 15) is 14.4 Å². The van der Waals surface area contributed by atoms with Gasteiger partial charge in [0.15, 0.2) is 0 Å². The summed E-state index contributed by atoms with van der Waals surface area (Å²) in [5, 5.41) is 5.54. The zero-order chi connectivity index (χ0) is 19.8. The smallest absolute Gasteiger partial charge is 0.337 e. The highest BCUT2D eigenvalue weighted by Gasteiger charge is 2.11. The molecule has 2 amide bonds. The van der Waals surface area contributed by atoms with E-state index in [1.54, 1.807) is 42.5 Å². The van der Waals surface area contributed by atoms with Crippen LogP contribution >= 0.6 is 0 Å². The second-order valence-corrected chi connectivity index (χ2v) is 6.16. The highest BCUT2D eigenvalue weighted by atomic mass is 16.5. The van der Waals surface area contributed by atoms with E-state index < -0.39 is 5.97 Å². The first-order valence-corrected chi connectivity index (χ1v) is 8.43. The monoisotopic (exact) mass is 369 g/mol. The fourth-order valence-electron chi connectivity index (χ4n) is 2.31. The molecule has 0 heterocycles. The van der Waals surface area contributed by atoms with Crippen LogP contribution in [0.3, 0.4) is 0 Å². The second kappa shape index (κ2) is 9.49. The van der Waals surface area contributed by atoms with Crippen LogP contribution in [0.5, 0.6) is 0 Å². The lowest BCUT2D eigenvalue weighted by Gasteiger charge is -2.11. The van der Waals surface area contributed by atoms with E-state index in [2.05, 4.69) is 15.4 Å². The summed E-state index contributed by atoms with van der Waals surface area (Å²) in [5.74, 6) is -0.998. The summed E-state index contributed by atoms with van der Waals surface area (Å²) < 4.78 is 4.67. The van der Waals surface area contributed by atoms with Gasteiger partial charge in [0.05, 0.1) is 12.7 Å². The van der Waals surface area contributed by atoms with Gasteiger partial charge in [-0.2, -0.15) is 0 Å². The predicted octanol–water partition coefficient (Wildman–Crippen LogP) is 2.02. The van der Waals surface area contributed by atoms with Crippen LogP contribution in [-0.4, -0.2) is 57.0 Å². The van der Waals surface area contributed by atoms with Crippen LogP contribution in [0.4, 0.5) is 5.69 Å². The number of hydrogen-bond acceptors (Lipinski definition) is 5. The molecule has 7 nitrogen and oxygen atoms in total. The van der Waals surface area contributed by atoms with E-state index >= 15 is 0 Å². The van der Waals surface area contributed by atoms with E-state index in [1.807, 2.05) is 19.0 Å². The van der Waals surface area contributed by atoms with E-state index in [-0.39, 0.29) is 11.8 Å². The predicted molar refractivity (Wildman–Crippen MR) is 103 cm³/mol. The molecule has 0 bridgehead atoms. The summed E-state index contributed by atoms with van der Waals surface area (Å²) in [6.45, 7) is 1.29. The first kappa shape index (κ1) is 20.1. The van der Waals surface area contributed by atoms with E-state index in [0.717, 1.165) is 6.54 Å². The maximum absolute atomic E-state index is 12.4. The largest absolute Gasteiger partial charge is 0.465 e. The first-order chi connectivity index (χ1) is 12.9. The van der Waals surface area contributed by atoms with Gasteiger partial charge in [0, 0.05) is 29.9 Å². The van der Waals surface area contributed by atoms with Gasteiger partial charge in [-0.05, 0) is 56.6 Å². The van der Waals surface area contributed by atoms with Gasteiger partial charge in [0.25, 0.3) is 11.8 Å². The average Bonchev–Trinajstić information content (AvgIpc) is 2.67. The van der Waals surface area contributed by atoms with Crippen molar-refractivity contribution in [1.82, 2.24) is 10.2 Å². The summed E-state index contributed by atoms with van der Waals surface area (Å²) in [7, 11) is 5.16. The van der Waals surface area contributed by atoms with Crippen molar-refractivity contribution < 1.29 is 19.1 Å². The Labute approximate surface area is 158 Å². The van der Waals surface area contributed by atoms with Gasteiger partial charge in [0.1, 0.15) is 0 Å². The van der Waals surface area contributed by atoms with Crippen LogP contribution in [0.15, 0.2) is 48.5 Å². The van der Waals surface area contributed by atoms with Crippen LogP contribution in [0.2, 0.25) is 0 Å². The molecule has 2 N–H and O–H groups in total. The number of rotatable bonds is 7. The molecule has 0 spiro atoms. The number of carbonyl (C=O) groups excluding carboxylic acids is 3. The van der Waals surface area contributed by atoms with E-state index in [1.165, 1.54) is 13.2 Å². The third kappa shape index (κ3) is 5.93. The fraction of sp³-hybridized carbons (Fsp3) is 0.250. The molecule has 142 valence electrons. The third-order valence-electron chi connectivity index (χ3n) is 3.80. The lowest BCUT2D eigenvalue weighted by atomic mass is 10.1. The minimum atomic E-state index is -0.476. The standard InChI is InChI=1S/C20H23N3O4/c1-23(2)12-11-21-18(24)14-7-9-15(10-8-14)19(25)22-17-6-4-5-16(13-17)20(26)27-3/h4-10,13H,11-12H2,1-3H3,(H,21,24)(H,22,25). The Hall–Kier alpha value is -3.19. The highest BCUT2D eigenvalue weighted by Crippen LogP contribution is 2.14. The molecule has 2 aromatic rings. The molecule has 0 radical (unpaired) electrons. The zero-order valence-corrected chi connectivity index (χ0v) is 15.6. The van der Waals surface area contributed by atoms with Gasteiger partial charge in [0.2, 0.25) is 0 Å². The third-order valence-corrected chi connectivity index (χ3v) is 3.80. The lowest BCUT2D eigenvalue weighted by molar-refractivity contribution is 0.0600. The number of anilines is 1. The van der Waals surface area contributed by atoms with Crippen molar-refractivity contribution in [2.45, 2.75) is 0 Å². The molecule has 0 atom stereocenters. The quantitative estimate of drug-likeness (QED) is 0.729. The summed E-state index contributed by atoms with van der Waals surface area (Å²) in [4.78, 5) is 37.9. The minimum Gasteiger partial charge on any atom is -0.465 e. The van der Waals surface area contributed by atoms with Crippen LogP contribution in [-0.2, 0) is 4.74 Å². The van der Waals surface area contributed by atoms with E-state index in [4.69, 9.17) is 0 Å². The Kier molecular flexibility index (Phi) is 7.08. The Bertz CT molecular complexity index is 816. The number of ether oxygens (including phenoxy) is 1. The summed E-state index contributed by atoms with van der Waals surface area (Å²) in [6, 6.07) is 12.8. The van der Waals surface area contributed by atoms with Crippen LogP contribution in [0.25, 0.3) is 0 Å². The molecule has 2 rings (SSSR count). The molecule has 7 heteroatoms. The molecule has 0 fully saturated rings. The summed E-state index contributed by atoms with van der Waals surface area (Å²) in [5.41, 5.74) is 1.72. The molecule has 0 aliphatic heterocycles. The molecule has 0 aliphatic rings. The normalized spacial score (nSPS) is 10.4. The van der Waals surface area contributed by atoms with Gasteiger partial charge in [-0.25, -0.2) is 4.79 Å². The number of benzene rings is 2. The average molecular weight is 369 g/mol. The molecule has 0 unspecified atom stereocenters. The Morgan fingerprint density at radius 2 is 1.56 bits per heavy atom. The van der Waals surface area contributed by atoms with Gasteiger partial charge in [-0.3, -0.25) is 9.59 Å². The molecular formula is C20H23N3O4. The van der Waals surface area contributed by atoms with Gasteiger partial charge in [-0.15, -0.1) is 0 Å². The van der Waals surface area contributed by atoms with Gasteiger partial charge < -0.3 is 20.3 Å². The minimum absolute atomic E-state index is 0.186. The van der Waals surface area contributed by atoms with Crippen LogP contribution < -0.4 is 10.6 Å². The van der Waals surface area contributed by atoms with Crippen molar-refractivity contribution in [2.24, 2.45) is 0 Å². The van der Waals surface area contributed by atoms with Crippen molar-refractivity contribution >= 4 is 23.5 Å². The number of likely N-dealkylation sites (N-methyl/N-ethyl adjacent to an activating group) is 1. The van der Waals surface area contributed by atoms with E-state index in [0.29, 0.717) is 28.9 Å². The van der Waals surface area contributed by atoms with Crippen molar-refractivity contribution in [3.8, 4) is 0 Å². The molecule has 0 aromatic heterocycles. The number of amides is 2. The van der Waals surface area contributed by atoms with Crippen molar-refractivity contribution in [2.75, 3.05) is 39.6 Å². The molecule has 0 aliphatic carbocycles. The summed E-state index contributed by atoms with van der Waals surface area (Å²) in [6.07, 6.45) is 0. The lowest BCUT2D eigenvalue weighted by Crippen LogP contribution is -2.31. The summed E-state index contributed by atoms with van der Waals surface area (Å²) >= 11 is 0. The van der Waals surface area contributed by atoms with Crippen LogP contribution in [0.1, 0.15) is 31.1 Å². The number of carbonyl (C=O) groups is 3. The Balaban J connectivity index is 1.99. The molecule has 0 saturated carbocycles. The maximum Gasteiger partial charge on any atom is 0.337 e. The number of esters is 1. The first-order valence-electron chi connectivity index (χ1n) is 8.43.